The predicted octanol–water partition coefficient (Wildman–Crippen LogP) is 4.71. The molecule has 1 N–H and O–H groups in total. The van der Waals surface area contributed by atoms with E-state index < -0.39 is 0 Å². The van der Waals surface area contributed by atoms with Crippen LogP contribution in [0.4, 0.5) is 5.69 Å². The first-order valence-corrected chi connectivity index (χ1v) is 9.32. The van der Waals surface area contributed by atoms with E-state index in [-0.39, 0.29) is 5.91 Å². The average Bonchev–Trinajstić information content (AvgIpc) is 3.07. The molecule has 0 saturated heterocycles. The van der Waals surface area contributed by atoms with Gasteiger partial charge in [-0.05, 0) is 55.8 Å². The first-order valence-electron chi connectivity index (χ1n) is 9.32. The second-order valence-corrected chi connectivity index (χ2v) is 7.05. The predicted molar refractivity (Wildman–Crippen MR) is 113 cm³/mol. The molecule has 0 radical (unpaired) electrons. The van der Waals surface area contributed by atoms with E-state index >= 15 is 0 Å². The normalized spacial score (nSPS) is 11.2. The van der Waals surface area contributed by atoms with Crippen LogP contribution >= 0.6 is 0 Å². The molecule has 0 fully saturated rings. The van der Waals surface area contributed by atoms with Gasteiger partial charge < -0.3 is 14.6 Å². The molecule has 0 aliphatic heterocycles. The minimum absolute atomic E-state index is 0.148. The number of carbonyl (C=O) groups excluding carboxylic acids is 1. The van der Waals surface area contributed by atoms with Crippen LogP contribution in [0.3, 0.4) is 0 Å². The van der Waals surface area contributed by atoms with E-state index in [1.807, 2.05) is 68.6 Å². The molecule has 4 rings (SSSR count). The molecular weight excluding hydrogens is 350 g/mol. The van der Waals surface area contributed by atoms with E-state index in [0.717, 1.165) is 45.3 Å². The molecule has 28 heavy (non-hydrogen) atoms. The van der Waals surface area contributed by atoms with Gasteiger partial charge in [-0.1, -0.05) is 12.1 Å². The number of ether oxygens (including phenoxy) is 1. The van der Waals surface area contributed by atoms with E-state index in [1.165, 1.54) is 0 Å². The number of rotatable bonds is 5. The van der Waals surface area contributed by atoms with Gasteiger partial charge in [0.05, 0.1) is 23.4 Å². The van der Waals surface area contributed by atoms with Crippen molar-refractivity contribution in [3.05, 3.63) is 71.5 Å². The first kappa shape index (κ1) is 18.2. The molecule has 0 unspecified atom stereocenters. The van der Waals surface area contributed by atoms with Gasteiger partial charge in [0, 0.05) is 41.8 Å². The quantitative estimate of drug-likeness (QED) is 0.551. The molecule has 5 nitrogen and oxygen atoms in total. The Morgan fingerprint density at radius 1 is 1.07 bits per heavy atom. The highest BCUT2D eigenvalue weighted by atomic mass is 16.5. The lowest BCUT2D eigenvalue weighted by Gasteiger charge is -2.10. The number of hydrogen-bond acceptors (Lipinski definition) is 3. The second kappa shape index (κ2) is 7.44. The number of aromatic nitrogens is 2. The molecule has 2 aromatic heterocycles. The standard InChI is InChI=1S/C23H23N3O2/c1-15-4-5-17-14-20(16(2)24-21(17)12-15)23(27)25-19-6-7-22-18(13-19)8-9-26(22)10-11-28-3/h4-9,12-14H,10-11H2,1-3H3,(H,25,27). The van der Waals surface area contributed by atoms with Crippen molar-refractivity contribution in [2.24, 2.45) is 0 Å². The van der Waals surface area contributed by atoms with Crippen molar-refractivity contribution in [3.8, 4) is 0 Å². The fraction of sp³-hybridized carbons (Fsp3) is 0.217. The van der Waals surface area contributed by atoms with Gasteiger partial charge in [0.1, 0.15) is 0 Å². The smallest absolute Gasteiger partial charge is 0.257 e. The molecular formula is C23H23N3O2. The average molecular weight is 373 g/mol. The highest BCUT2D eigenvalue weighted by Gasteiger charge is 2.13. The van der Waals surface area contributed by atoms with Crippen molar-refractivity contribution < 1.29 is 9.53 Å². The van der Waals surface area contributed by atoms with Crippen LogP contribution < -0.4 is 5.32 Å². The third kappa shape index (κ3) is 3.49. The molecule has 1 amide bonds. The van der Waals surface area contributed by atoms with Gasteiger partial charge in [-0.2, -0.15) is 0 Å². The number of methoxy groups -OCH3 is 1. The Morgan fingerprint density at radius 3 is 2.75 bits per heavy atom. The maximum atomic E-state index is 12.9. The minimum atomic E-state index is -0.148. The number of nitrogens with zero attached hydrogens (tertiary/aromatic N) is 2. The fourth-order valence-electron chi connectivity index (χ4n) is 3.46. The highest BCUT2D eigenvalue weighted by Crippen LogP contribution is 2.23. The van der Waals surface area contributed by atoms with Gasteiger partial charge >= 0.3 is 0 Å². The maximum absolute atomic E-state index is 12.9. The van der Waals surface area contributed by atoms with Crippen LogP contribution in [0.25, 0.3) is 21.8 Å². The molecule has 4 aromatic rings. The van der Waals surface area contributed by atoms with Gasteiger partial charge in [-0.15, -0.1) is 0 Å². The van der Waals surface area contributed by atoms with Crippen LogP contribution in [0.5, 0.6) is 0 Å². The second-order valence-electron chi connectivity index (χ2n) is 7.05. The van der Waals surface area contributed by atoms with Gasteiger partial charge in [0.15, 0.2) is 0 Å². The topological polar surface area (TPSA) is 56.1 Å². The molecule has 5 heteroatoms. The molecule has 0 spiro atoms. The summed E-state index contributed by atoms with van der Waals surface area (Å²) in [6, 6.07) is 16.0. The summed E-state index contributed by atoms with van der Waals surface area (Å²) in [7, 11) is 1.70. The number of amides is 1. The summed E-state index contributed by atoms with van der Waals surface area (Å²) >= 11 is 0. The Bertz CT molecular complexity index is 1180. The van der Waals surface area contributed by atoms with Gasteiger partial charge in [0.25, 0.3) is 5.91 Å². The Hall–Kier alpha value is -3.18. The maximum Gasteiger partial charge on any atom is 0.257 e. The molecule has 142 valence electrons. The van der Waals surface area contributed by atoms with Crippen LogP contribution in [0.1, 0.15) is 21.6 Å². The van der Waals surface area contributed by atoms with Crippen LogP contribution in [0.15, 0.2) is 54.7 Å². The lowest BCUT2D eigenvalue weighted by Crippen LogP contribution is -2.14. The Balaban J connectivity index is 1.60. The molecule has 0 bridgehead atoms. The van der Waals surface area contributed by atoms with E-state index in [0.29, 0.717) is 12.2 Å². The van der Waals surface area contributed by atoms with Gasteiger partial charge in [0.2, 0.25) is 0 Å². The molecule has 0 aliphatic rings. The summed E-state index contributed by atoms with van der Waals surface area (Å²) in [6.07, 6.45) is 2.04. The summed E-state index contributed by atoms with van der Waals surface area (Å²) in [6.45, 7) is 5.37. The molecule has 2 heterocycles. The zero-order chi connectivity index (χ0) is 19.7. The SMILES string of the molecule is COCCn1ccc2cc(NC(=O)c3cc4ccc(C)cc4nc3C)ccc21. The van der Waals surface area contributed by atoms with Crippen molar-refractivity contribution in [1.82, 2.24) is 9.55 Å². The summed E-state index contributed by atoms with van der Waals surface area (Å²) < 4.78 is 7.30. The van der Waals surface area contributed by atoms with E-state index in [2.05, 4.69) is 14.9 Å². The summed E-state index contributed by atoms with van der Waals surface area (Å²) in [5.41, 5.74) is 5.27. The zero-order valence-corrected chi connectivity index (χ0v) is 16.3. The molecule has 0 aliphatic carbocycles. The monoisotopic (exact) mass is 373 g/mol. The molecule has 0 saturated carbocycles. The number of nitrogens with one attached hydrogen (secondary N) is 1. The molecule has 2 aromatic carbocycles. The van der Waals surface area contributed by atoms with Gasteiger partial charge in [-0.25, -0.2) is 0 Å². The summed E-state index contributed by atoms with van der Waals surface area (Å²) in [5, 5.41) is 5.05. The number of benzene rings is 2. The van der Waals surface area contributed by atoms with E-state index in [4.69, 9.17) is 4.74 Å². The van der Waals surface area contributed by atoms with E-state index in [9.17, 15) is 4.79 Å². The third-order valence-electron chi connectivity index (χ3n) is 4.97. The fourth-order valence-corrected chi connectivity index (χ4v) is 3.46. The number of hydrogen-bond donors (Lipinski definition) is 1. The summed E-state index contributed by atoms with van der Waals surface area (Å²) in [4.78, 5) is 17.5. The van der Waals surface area contributed by atoms with Gasteiger partial charge in [-0.3, -0.25) is 9.78 Å². The lowest BCUT2D eigenvalue weighted by atomic mass is 10.1. The first-order chi connectivity index (χ1) is 13.5. The Kier molecular flexibility index (Phi) is 4.84. The third-order valence-corrected chi connectivity index (χ3v) is 4.97. The van der Waals surface area contributed by atoms with Crippen LogP contribution in [0.2, 0.25) is 0 Å². The minimum Gasteiger partial charge on any atom is -0.383 e. The van der Waals surface area contributed by atoms with Crippen molar-refractivity contribution in [2.45, 2.75) is 20.4 Å². The Labute approximate surface area is 164 Å². The zero-order valence-electron chi connectivity index (χ0n) is 16.3. The lowest BCUT2D eigenvalue weighted by molar-refractivity contribution is 0.102. The summed E-state index contributed by atoms with van der Waals surface area (Å²) in [5.74, 6) is -0.148. The van der Waals surface area contributed by atoms with Crippen LogP contribution in [-0.4, -0.2) is 29.2 Å². The van der Waals surface area contributed by atoms with E-state index in [1.54, 1.807) is 7.11 Å². The van der Waals surface area contributed by atoms with Crippen molar-refractivity contribution in [1.29, 1.82) is 0 Å². The van der Waals surface area contributed by atoms with Crippen molar-refractivity contribution >= 4 is 33.4 Å². The van der Waals surface area contributed by atoms with Crippen molar-refractivity contribution in [3.63, 3.8) is 0 Å². The number of pyridine rings is 1. The number of aryl methyl sites for hydroxylation is 2. The Morgan fingerprint density at radius 2 is 1.93 bits per heavy atom. The molecule has 0 atom stereocenters. The highest BCUT2D eigenvalue weighted by molar-refractivity contribution is 6.07. The van der Waals surface area contributed by atoms with Crippen molar-refractivity contribution in [2.75, 3.05) is 19.0 Å². The number of anilines is 1. The largest absolute Gasteiger partial charge is 0.383 e. The van der Waals surface area contributed by atoms with Crippen LogP contribution in [-0.2, 0) is 11.3 Å². The number of carbonyl (C=O) groups is 1. The van der Waals surface area contributed by atoms with Crippen LogP contribution in [0, 0.1) is 13.8 Å². The number of fused-ring (bicyclic) bond motifs is 2.